The second kappa shape index (κ2) is 8.90. The molecule has 0 saturated carbocycles. The second-order valence-corrected chi connectivity index (χ2v) is 5.68. The molecule has 1 heterocycles. The summed E-state index contributed by atoms with van der Waals surface area (Å²) >= 11 is 0. The highest BCUT2D eigenvalue weighted by molar-refractivity contribution is 4.69. The maximum atomic E-state index is 5.90. The molecule has 0 spiro atoms. The molecule has 0 aliphatic carbocycles. The predicted octanol–water partition coefficient (Wildman–Crippen LogP) is 2.12. The molecule has 0 aromatic rings. The molecule has 0 aromatic heterocycles. The minimum atomic E-state index is 0.523. The van der Waals surface area contributed by atoms with E-state index in [0.29, 0.717) is 6.10 Å². The maximum absolute atomic E-state index is 5.90. The summed E-state index contributed by atoms with van der Waals surface area (Å²) in [6.45, 7) is 10.1. The maximum Gasteiger partial charge on any atom is 0.0599 e. The van der Waals surface area contributed by atoms with Crippen molar-refractivity contribution in [1.29, 1.82) is 0 Å². The lowest BCUT2D eigenvalue weighted by atomic mass is 10.1. The van der Waals surface area contributed by atoms with Crippen molar-refractivity contribution in [2.45, 2.75) is 45.6 Å². The summed E-state index contributed by atoms with van der Waals surface area (Å²) in [4.78, 5) is 2.38. The zero-order valence-electron chi connectivity index (χ0n) is 11.9. The van der Waals surface area contributed by atoms with Gasteiger partial charge in [-0.15, -0.1) is 0 Å². The summed E-state index contributed by atoms with van der Waals surface area (Å²) in [5.74, 6) is 0.755. The van der Waals surface area contributed by atoms with Gasteiger partial charge in [0.05, 0.1) is 6.10 Å². The van der Waals surface area contributed by atoms with Crippen molar-refractivity contribution >= 4 is 0 Å². The van der Waals surface area contributed by atoms with Crippen LogP contribution >= 0.6 is 0 Å². The van der Waals surface area contributed by atoms with Crippen LogP contribution in [0.5, 0.6) is 0 Å². The average Bonchev–Trinajstić information content (AvgIpc) is 2.30. The van der Waals surface area contributed by atoms with Gasteiger partial charge < -0.3 is 15.0 Å². The lowest BCUT2D eigenvalue weighted by Crippen LogP contribution is -2.34. The van der Waals surface area contributed by atoms with Crippen LogP contribution in [-0.4, -0.2) is 50.8 Å². The third kappa shape index (κ3) is 7.74. The van der Waals surface area contributed by atoms with Crippen LogP contribution in [0.15, 0.2) is 0 Å². The quantitative estimate of drug-likeness (QED) is 0.660. The zero-order valence-corrected chi connectivity index (χ0v) is 11.9. The Morgan fingerprint density at radius 2 is 1.94 bits per heavy atom. The third-order valence-corrected chi connectivity index (χ3v) is 3.32. The summed E-state index contributed by atoms with van der Waals surface area (Å²) < 4.78 is 5.90. The molecule has 1 rings (SSSR count). The van der Waals surface area contributed by atoms with E-state index in [4.69, 9.17) is 4.74 Å². The van der Waals surface area contributed by atoms with E-state index < -0.39 is 0 Å². The van der Waals surface area contributed by atoms with Gasteiger partial charge in [-0.2, -0.15) is 0 Å². The second-order valence-electron chi connectivity index (χ2n) is 5.68. The summed E-state index contributed by atoms with van der Waals surface area (Å²) in [7, 11) is 2.19. The molecule has 3 heteroatoms. The molecule has 1 aliphatic rings. The van der Waals surface area contributed by atoms with Gasteiger partial charge in [0, 0.05) is 19.7 Å². The van der Waals surface area contributed by atoms with Crippen molar-refractivity contribution in [2.75, 3.05) is 39.8 Å². The molecule has 1 aliphatic heterocycles. The molecule has 1 saturated heterocycles. The van der Waals surface area contributed by atoms with Gasteiger partial charge in [-0.1, -0.05) is 13.8 Å². The van der Waals surface area contributed by atoms with E-state index in [1.165, 1.54) is 38.8 Å². The van der Waals surface area contributed by atoms with Crippen LogP contribution in [0.25, 0.3) is 0 Å². The monoisotopic (exact) mass is 242 g/mol. The van der Waals surface area contributed by atoms with Gasteiger partial charge in [0.1, 0.15) is 0 Å². The molecule has 0 unspecified atom stereocenters. The topological polar surface area (TPSA) is 24.5 Å². The normalized spacial score (nSPS) is 19.1. The van der Waals surface area contributed by atoms with Gasteiger partial charge in [-0.3, -0.25) is 0 Å². The summed E-state index contributed by atoms with van der Waals surface area (Å²) in [6, 6.07) is 0. The Bertz CT molecular complexity index is 177. The van der Waals surface area contributed by atoms with E-state index in [-0.39, 0.29) is 0 Å². The molecular formula is C14H30N2O. The Morgan fingerprint density at radius 1 is 1.24 bits per heavy atom. The minimum Gasteiger partial charge on any atom is -0.378 e. The van der Waals surface area contributed by atoms with E-state index in [1.807, 2.05) is 0 Å². The number of rotatable bonds is 8. The standard InChI is InChI=1S/C14H30N2O/c1-13(2)12-15-8-4-5-11-17-14-6-9-16(3)10-7-14/h13-15H,4-12H2,1-3H3. The first kappa shape index (κ1) is 14.9. The Balaban J connectivity index is 1.84. The van der Waals surface area contributed by atoms with Crippen molar-refractivity contribution in [3.8, 4) is 0 Å². The third-order valence-electron chi connectivity index (χ3n) is 3.32. The number of hydrogen-bond acceptors (Lipinski definition) is 3. The van der Waals surface area contributed by atoms with Crippen LogP contribution in [0.3, 0.4) is 0 Å². The molecule has 3 nitrogen and oxygen atoms in total. The molecule has 0 radical (unpaired) electrons. The van der Waals surface area contributed by atoms with Crippen molar-refractivity contribution < 1.29 is 4.74 Å². The van der Waals surface area contributed by atoms with Crippen molar-refractivity contribution in [2.24, 2.45) is 5.92 Å². The highest BCUT2D eigenvalue weighted by Crippen LogP contribution is 2.12. The molecule has 0 amide bonds. The van der Waals surface area contributed by atoms with Crippen LogP contribution in [0.2, 0.25) is 0 Å². The number of nitrogens with zero attached hydrogens (tertiary/aromatic N) is 1. The van der Waals surface area contributed by atoms with Gasteiger partial charge >= 0.3 is 0 Å². The molecule has 0 atom stereocenters. The fourth-order valence-corrected chi connectivity index (χ4v) is 2.14. The predicted molar refractivity (Wildman–Crippen MR) is 73.4 cm³/mol. The molecule has 1 fully saturated rings. The first-order chi connectivity index (χ1) is 8.18. The lowest BCUT2D eigenvalue weighted by Gasteiger charge is -2.28. The van der Waals surface area contributed by atoms with Crippen molar-refractivity contribution in [3.63, 3.8) is 0 Å². The van der Waals surface area contributed by atoms with E-state index in [2.05, 4.69) is 31.1 Å². The van der Waals surface area contributed by atoms with Crippen molar-refractivity contribution in [1.82, 2.24) is 10.2 Å². The first-order valence-corrected chi connectivity index (χ1v) is 7.19. The highest BCUT2D eigenvalue weighted by atomic mass is 16.5. The molecule has 0 bridgehead atoms. The van der Waals surface area contributed by atoms with Crippen LogP contribution in [0.1, 0.15) is 39.5 Å². The van der Waals surface area contributed by atoms with E-state index in [0.717, 1.165) is 25.6 Å². The Kier molecular flexibility index (Phi) is 7.82. The lowest BCUT2D eigenvalue weighted by molar-refractivity contribution is 0.0109. The average molecular weight is 242 g/mol. The Morgan fingerprint density at radius 3 is 2.59 bits per heavy atom. The minimum absolute atomic E-state index is 0.523. The smallest absolute Gasteiger partial charge is 0.0599 e. The molecule has 1 N–H and O–H groups in total. The van der Waals surface area contributed by atoms with Crippen LogP contribution < -0.4 is 5.32 Å². The van der Waals surface area contributed by atoms with Gasteiger partial charge in [0.15, 0.2) is 0 Å². The van der Waals surface area contributed by atoms with Gasteiger partial charge in [-0.05, 0) is 51.7 Å². The fourth-order valence-electron chi connectivity index (χ4n) is 2.14. The largest absolute Gasteiger partial charge is 0.378 e. The van der Waals surface area contributed by atoms with Crippen LogP contribution in [0, 0.1) is 5.92 Å². The Labute approximate surface area is 107 Å². The number of ether oxygens (including phenoxy) is 1. The highest BCUT2D eigenvalue weighted by Gasteiger charge is 2.16. The number of unbranched alkanes of at least 4 members (excludes halogenated alkanes) is 1. The van der Waals surface area contributed by atoms with Crippen LogP contribution in [-0.2, 0) is 4.74 Å². The van der Waals surface area contributed by atoms with Crippen LogP contribution in [0.4, 0.5) is 0 Å². The Hall–Kier alpha value is -0.120. The van der Waals surface area contributed by atoms with Gasteiger partial charge in [0.25, 0.3) is 0 Å². The van der Waals surface area contributed by atoms with Crippen molar-refractivity contribution in [3.05, 3.63) is 0 Å². The number of likely N-dealkylation sites (tertiary alicyclic amines) is 1. The summed E-state index contributed by atoms with van der Waals surface area (Å²) in [5.41, 5.74) is 0. The molecule has 0 aromatic carbocycles. The van der Waals surface area contributed by atoms with E-state index in [9.17, 15) is 0 Å². The zero-order chi connectivity index (χ0) is 12.5. The number of hydrogen-bond donors (Lipinski definition) is 1. The summed E-state index contributed by atoms with van der Waals surface area (Å²) in [6.07, 6.45) is 5.37. The fraction of sp³-hybridized carbons (Fsp3) is 1.00. The van der Waals surface area contributed by atoms with E-state index >= 15 is 0 Å². The summed E-state index contributed by atoms with van der Waals surface area (Å²) in [5, 5.41) is 3.47. The van der Waals surface area contributed by atoms with Gasteiger partial charge in [0.2, 0.25) is 0 Å². The SMILES string of the molecule is CC(C)CNCCCCOC1CCN(C)CC1. The molecule has 102 valence electrons. The number of nitrogens with one attached hydrogen (secondary N) is 1. The molecular weight excluding hydrogens is 212 g/mol. The first-order valence-electron chi connectivity index (χ1n) is 7.19. The van der Waals surface area contributed by atoms with E-state index in [1.54, 1.807) is 0 Å². The van der Waals surface area contributed by atoms with Gasteiger partial charge in [-0.25, -0.2) is 0 Å². The molecule has 17 heavy (non-hydrogen) atoms. The number of piperidine rings is 1.